The van der Waals surface area contributed by atoms with E-state index in [4.69, 9.17) is 4.98 Å². The summed E-state index contributed by atoms with van der Waals surface area (Å²) in [5, 5.41) is 4.77. The number of hydrogen-bond acceptors (Lipinski definition) is 4. The van der Waals surface area contributed by atoms with Gasteiger partial charge < -0.3 is 15.2 Å². The molecule has 3 aromatic heterocycles. The van der Waals surface area contributed by atoms with Gasteiger partial charge in [-0.25, -0.2) is 4.98 Å². The Hall–Kier alpha value is -3.18. The first-order valence-electron chi connectivity index (χ1n) is 11.6. The lowest BCUT2D eigenvalue weighted by Gasteiger charge is -2.18. The fraction of sp³-hybridized carbons (Fsp3) is 0.333. The SMILES string of the molecule is Cc1cc(-c2[nH]c3cc(-c4ccc(N5CC6CNCC6C5)nc4)ccc3c2C)cc(C)n1. The lowest BCUT2D eigenvalue weighted by atomic mass is 10.0. The van der Waals surface area contributed by atoms with E-state index in [0.29, 0.717) is 0 Å². The molecule has 0 amide bonds. The third-order valence-electron chi connectivity index (χ3n) is 7.22. The molecule has 0 spiro atoms. The molecule has 4 aromatic rings. The van der Waals surface area contributed by atoms with Gasteiger partial charge in [-0.1, -0.05) is 12.1 Å². The van der Waals surface area contributed by atoms with Crippen LogP contribution in [0.1, 0.15) is 17.0 Å². The van der Waals surface area contributed by atoms with Crippen molar-refractivity contribution >= 4 is 16.7 Å². The molecule has 2 saturated heterocycles. The van der Waals surface area contributed by atoms with Crippen LogP contribution in [0.2, 0.25) is 0 Å². The Morgan fingerprint density at radius 1 is 0.844 bits per heavy atom. The zero-order valence-electron chi connectivity index (χ0n) is 18.9. The van der Waals surface area contributed by atoms with Crippen molar-refractivity contribution in [1.82, 2.24) is 20.3 Å². The topological polar surface area (TPSA) is 56.8 Å². The number of pyridine rings is 2. The largest absolute Gasteiger partial charge is 0.356 e. The van der Waals surface area contributed by atoms with E-state index in [-0.39, 0.29) is 0 Å². The summed E-state index contributed by atoms with van der Waals surface area (Å²) in [6, 6.07) is 15.4. The van der Waals surface area contributed by atoms with E-state index in [1.165, 1.54) is 27.8 Å². The van der Waals surface area contributed by atoms with Crippen LogP contribution < -0.4 is 10.2 Å². The summed E-state index contributed by atoms with van der Waals surface area (Å²) in [7, 11) is 0. The van der Waals surface area contributed by atoms with Crippen LogP contribution in [0.4, 0.5) is 5.82 Å². The van der Waals surface area contributed by atoms with Gasteiger partial charge in [0.1, 0.15) is 5.82 Å². The highest BCUT2D eigenvalue weighted by atomic mass is 15.2. The van der Waals surface area contributed by atoms with Gasteiger partial charge in [0, 0.05) is 71.5 Å². The molecule has 6 rings (SSSR count). The average Bonchev–Trinajstić information content (AvgIpc) is 3.47. The predicted octanol–water partition coefficient (Wildman–Crippen LogP) is 4.87. The van der Waals surface area contributed by atoms with Crippen LogP contribution in [0.25, 0.3) is 33.3 Å². The van der Waals surface area contributed by atoms with Crippen molar-refractivity contribution in [3.63, 3.8) is 0 Å². The van der Waals surface area contributed by atoms with E-state index >= 15 is 0 Å². The van der Waals surface area contributed by atoms with Crippen molar-refractivity contribution < 1.29 is 0 Å². The van der Waals surface area contributed by atoms with Gasteiger partial charge in [0.05, 0.1) is 0 Å². The highest BCUT2D eigenvalue weighted by molar-refractivity contribution is 5.93. The van der Waals surface area contributed by atoms with Gasteiger partial charge in [-0.2, -0.15) is 0 Å². The molecule has 0 bridgehead atoms. The van der Waals surface area contributed by atoms with E-state index in [0.717, 1.165) is 66.3 Å². The van der Waals surface area contributed by atoms with Gasteiger partial charge in [-0.05, 0) is 74.1 Å². The Labute approximate surface area is 188 Å². The molecule has 5 heteroatoms. The molecule has 2 fully saturated rings. The molecule has 1 aromatic carbocycles. The van der Waals surface area contributed by atoms with Crippen molar-refractivity contribution in [3.05, 3.63) is 65.6 Å². The number of rotatable bonds is 3. The first-order valence-corrected chi connectivity index (χ1v) is 11.6. The van der Waals surface area contributed by atoms with Gasteiger partial charge in [-0.15, -0.1) is 0 Å². The number of nitrogens with one attached hydrogen (secondary N) is 2. The lowest BCUT2D eigenvalue weighted by Crippen LogP contribution is -2.26. The number of anilines is 1. The number of aryl methyl sites for hydroxylation is 3. The zero-order valence-corrected chi connectivity index (χ0v) is 18.9. The monoisotopic (exact) mass is 423 g/mol. The maximum Gasteiger partial charge on any atom is 0.128 e. The van der Waals surface area contributed by atoms with Gasteiger partial charge >= 0.3 is 0 Å². The fourth-order valence-corrected chi connectivity index (χ4v) is 5.57. The van der Waals surface area contributed by atoms with Crippen molar-refractivity contribution in [2.45, 2.75) is 20.8 Å². The van der Waals surface area contributed by atoms with Gasteiger partial charge in [0.15, 0.2) is 0 Å². The minimum atomic E-state index is 0.775. The Bertz CT molecular complexity index is 1270. The number of nitrogens with zero attached hydrogens (tertiary/aromatic N) is 3. The molecule has 2 unspecified atom stereocenters. The quantitative estimate of drug-likeness (QED) is 0.493. The maximum atomic E-state index is 4.82. The Balaban J connectivity index is 1.30. The number of hydrogen-bond donors (Lipinski definition) is 2. The predicted molar refractivity (Wildman–Crippen MR) is 131 cm³/mol. The Morgan fingerprint density at radius 2 is 1.56 bits per heavy atom. The van der Waals surface area contributed by atoms with Crippen molar-refractivity contribution in [3.8, 4) is 22.4 Å². The Kier molecular flexibility index (Phi) is 4.54. The van der Waals surface area contributed by atoms with Crippen LogP contribution in [0, 0.1) is 32.6 Å². The summed E-state index contributed by atoms with van der Waals surface area (Å²) in [6.45, 7) is 10.8. The van der Waals surface area contributed by atoms with Crippen LogP contribution in [0.15, 0.2) is 48.7 Å². The molecule has 2 N–H and O–H groups in total. The van der Waals surface area contributed by atoms with Crippen LogP contribution in [-0.4, -0.2) is 41.1 Å². The number of aromatic nitrogens is 3. The molecule has 2 atom stereocenters. The molecule has 162 valence electrons. The fourth-order valence-electron chi connectivity index (χ4n) is 5.57. The van der Waals surface area contributed by atoms with Crippen molar-refractivity contribution in [1.29, 1.82) is 0 Å². The van der Waals surface area contributed by atoms with Gasteiger partial charge in [0.2, 0.25) is 0 Å². The molecular formula is C27H29N5. The van der Waals surface area contributed by atoms with Crippen molar-refractivity contribution in [2.24, 2.45) is 11.8 Å². The van der Waals surface area contributed by atoms with Crippen LogP contribution >= 0.6 is 0 Å². The van der Waals surface area contributed by atoms with Crippen LogP contribution in [0.3, 0.4) is 0 Å². The first-order chi connectivity index (χ1) is 15.5. The molecule has 5 heterocycles. The second-order valence-corrected chi connectivity index (χ2v) is 9.51. The molecular weight excluding hydrogens is 394 g/mol. The second kappa shape index (κ2) is 7.45. The summed E-state index contributed by atoms with van der Waals surface area (Å²) in [4.78, 5) is 15.5. The summed E-state index contributed by atoms with van der Waals surface area (Å²) in [5.74, 6) is 2.65. The van der Waals surface area contributed by atoms with E-state index in [1.807, 2.05) is 6.20 Å². The third kappa shape index (κ3) is 3.28. The minimum Gasteiger partial charge on any atom is -0.356 e. The standard InChI is InChI=1S/C27H29N5/c1-16-8-21(9-17(2)30-16)27-18(3)24-6-4-19(10-25(24)31-27)20-5-7-26(29-13-20)32-14-22-11-28-12-23(22)15-32/h4-10,13,22-23,28,31H,11-12,14-15H2,1-3H3. The summed E-state index contributed by atoms with van der Waals surface area (Å²) in [6.07, 6.45) is 2.02. The molecule has 0 aliphatic carbocycles. The van der Waals surface area contributed by atoms with E-state index in [2.05, 4.69) is 83.4 Å². The van der Waals surface area contributed by atoms with Crippen molar-refractivity contribution in [2.75, 3.05) is 31.1 Å². The van der Waals surface area contributed by atoms with E-state index < -0.39 is 0 Å². The highest BCUT2D eigenvalue weighted by Gasteiger charge is 2.36. The summed E-state index contributed by atoms with van der Waals surface area (Å²) < 4.78 is 0. The normalized spacial score (nSPS) is 20.3. The summed E-state index contributed by atoms with van der Waals surface area (Å²) in [5.41, 5.74) is 9.24. The van der Waals surface area contributed by atoms with Crippen LogP contribution in [0.5, 0.6) is 0 Å². The van der Waals surface area contributed by atoms with Crippen LogP contribution in [-0.2, 0) is 0 Å². The molecule has 5 nitrogen and oxygen atoms in total. The summed E-state index contributed by atoms with van der Waals surface area (Å²) >= 11 is 0. The second-order valence-electron chi connectivity index (χ2n) is 9.51. The molecule has 32 heavy (non-hydrogen) atoms. The van der Waals surface area contributed by atoms with Gasteiger partial charge in [-0.3, -0.25) is 4.98 Å². The highest BCUT2D eigenvalue weighted by Crippen LogP contribution is 2.34. The average molecular weight is 424 g/mol. The first kappa shape index (κ1) is 19.5. The number of benzene rings is 1. The molecule has 2 aliphatic rings. The number of H-pyrrole nitrogens is 1. The smallest absolute Gasteiger partial charge is 0.128 e. The molecule has 0 saturated carbocycles. The number of fused-ring (bicyclic) bond motifs is 2. The zero-order chi connectivity index (χ0) is 21.8. The number of aromatic amines is 1. The molecule has 2 aliphatic heterocycles. The Morgan fingerprint density at radius 3 is 2.25 bits per heavy atom. The van der Waals surface area contributed by atoms with E-state index in [1.54, 1.807) is 0 Å². The van der Waals surface area contributed by atoms with Gasteiger partial charge in [0.25, 0.3) is 0 Å². The lowest BCUT2D eigenvalue weighted by molar-refractivity contribution is 0.533. The minimum absolute atomic E-state index is 0.775. The van der Waals surface area contributed by atoms with E-state index in [9.17, 15) is 0 Å². The third-order valence-corrected chi connectivity index (χ3v) is 7.22. The molecule has 0 radical (unpaired) electrons. The maximum absolute atomic E-state index is 4.82.